The van der Waals surface area contributed by atoms with Crippen molar-refractivity contribution in [3.63, 3.8) is 0 Å². The zero-order valence-electron chi connectivity index (χ0n) is 17.3. The van der Waals surface area contributed by atoms with Gasteiger partial charge in [-0.25, -0.2) is 17.6 Å². The summed E-state index contributed by atoms with van der Waals surface area (Å²) in [5, 5.41) is 0. The molecule has 0 bridgehead atoms. The van der Waals surface area contributed by atoms with Crippen molar-refractivity contribution in [1.29, 1.82) is 0 Å². The number of halogens is 4. The summed E-state index contributed by atoms with van der Waals surface area (Å²) in [6.07, 6.45) is 0.130. The van der Waals surface area contributed by atoms with Crippen LogP contribution in [0.2, 0.25) is 0 Å². The molecule has 158 valence electrons. The zero-order chi connectivity index (χ0) is 22.4. The Bertz CT molecular complexity index is 867. The summed E-state index contributed by atoms with van der Waals surface area (Å²) >= 11 is 0. The topological polar surface area (TPSA) is 34.1 Å². The van der Waals surface area contributed by atoms with Crippen molar-refractivity contribution in [1.82, 2.24) is 0 Å². The second kappa shape index (κ2) is 9.81. The zero-order valence-corrected chi connectivity index (χ0v) is 17.3. The lowest BCUT2D eigenvalue weighted by molar-refractivity contribution is -0.00186. The number of benzene rings is 2. The van der Waals surface area contributed by atoms with E-state index >= 15 is 0 Å². The van der Waals surface area contributed by atoms with E-state index in [4.69, 9.17) is 0 Å². The molecule has 0 spiro atoms. The lowest BCUT2D eigenvalue weighted by Crippen LogP contribution is -2.08. The van der Waals surface area contributed by atoms with Crippen LogP contribution in [0.4, 0.5) is 17.6 Å². The number of hydrogen-bond acceptors (Lipinski definition) is 2. The Morgan fingerprint density at radius 1 is 0.966 bits per heavy atom. The van der Waals surface area contributed by atoms with Crippen LogP contribution >= 0.6 is 0 Å². The van der Waals surface area contributed by atoms with Crippen molar-refractivity contribution in [3.05, 3.63) is 70.3 Å². The third kappa shape index (κ3) is 6.24. The Hall–Kier alpha value is -2.50. The van der Waals surface area contributed by atoms with Crippen molar-refractivity contribution in [2.24, 2.45) is 0 Å². The maximum atomic E-state index is 13.3. The van der Waals surface area contributed by atoms with Crippen molar-refractivity contribution < 1.29 is 27.2 Å². The number of alkyl halides is 4. The van der Waals surface area contributed by atoms with E-state index in [2.05, 4.69) is 0 Å². The molecule has 0 radical (unpaired) electrons. The normalized spacial score (nSPS) is 14.0. The Morgan fingerprint density at radius 2 is 1.55 bits per heavy atom. The first-order chi connectivity index (χ1) is 13.4. The number of ketones is 2. The number of carbonyl (C=O) groups excluding carboxylic acids is 2. The molecule has 0 N–H and O–H groups in total. The molecule has 0 saturated carbocycles. The van der Waals surface area contributed by atoms with Crippen LogP contribution in [0.1, 0.15) is 78.4 Å². The van der Waals surface area contributed by atoms with E-state index in [9.17, 15) is 27.2 Å². The summed E-state index contributed by atoms with van der Waals surface area (Å²) in [4.78, 5) is 22.1. The third-order valence-corrected chi connectivity index (χ3v) is 4.41. The first kappa shape index (κ1) is 24.5. The molecule has 0 fully saturated rings. The van der Waals surface area contributed by atoms with Gasteiger partial charge in [-0.15, -0.1) is 0 Å². The molecular formula is C23H26F4O2. The minimum atomic E-state index is -2.88. The van der Waals surface area contributed by atoms with E-state index in [-0.39, 0.29) is 29.1 Å². The lowest BCUT2D eigenvalue weighted by Gasteiger charge is -2.10. The molecule has 3 rings (SSSR count). The number of Topliss-reactive ketones (excluding diaryl/α,β-unsaturated/α-hetero) is 2. The summed E-state index contributed by atoms with van der Waals surface area (Å²) in [5.74, 6) is -5.97. The van der Waals surface area contributed by atoms with Crippen molar-refractivity contribution in [2.45, 2.75) is 59.3 Å². The van der Waals surface area contributed by atoms with E-state index < -0.39 is 11.8 Å². The van der Waals surface area contributed by atoms with Gasteiger partial charge < -0.3 is 0 Å². The fraction of sp³-hybridized carbons (Fsp3) is 0.391. The molecule has 2 nitrogen and oxygen atoms in total. The van der Waals surface area contributed by atoms with Gasteiger partial charge in [-0.1, -0.05) is 50.2 Å². The molecule has 0 atom stereocenters. The molecular weight excluding hydrogens is 384 g/mol. The van der Waals surface area contributed by atoms with Gasteiger partial charge in [0.1, 0.15) is 0 Å². The van der Waals surface area contributed by atoms with Crippen LogP contribution in [0.5, 0.6) is 0 Å². The maximum Gasteiger partial charge on any atom is 0.273 e. The molecule has 0 aromatic heterocycles. The highest BCUT2D eigenvalue weighted by atomic mass is 19.3. The third-order valence-electron chi connectivity index (χ3n) is 4.41. The molecule has 6 heteroatoms. The van der Waals surface area contributed by atoms with Gasteiger partial charge >= 0.3 is 0 Å². The van der Waals surface area contributed by atoms with Crippen LogP contribution in [-0.2, 0) is 18.3 Å². The van der Waals surface area contributed by atoms with Gasteiger partial charge in [0.15, 0.2) is 11.6 Å². The van der Waals surface area contributed by atoms with Crippen LogP contribution in [0.15, 0.2) is 42.5 Å². The largest absolute Gasteiger partial charge is 0.295 e. The SMILES string of the molecule is CC.CC(=O)c1cccc(C(C)(F)F)c1.CC(=O)c1cccc2c1CCC2(F)F. The van der Waals surface area contributed by atoms with Gasteiger partial charge in [0.05, 0.1) is 0 Å². The van der Waals surface area contributed by atoms with Gasteiger partial charge in [-0.05, 0) is 31.9 Å². The highest BCUT2D eigenvalue weighted by Crippen LogP contribution is 2.42. The minimum Gasteiger partial charge on any atom is -0.295 e. The molecule has 2 aromatic carbocycles. The minimum absolute atomic E-state index is 0.0326. The highest BCUT2D eigenvalue weighted by Gasteiger charge is 2.40. The molecule has 0 unspecified atom stereocenters. The van der Waals surface area contributed by atoms with E-state index in [0.29, 0.717) is 23.1 Å². The molecule has 0 saturated heterocycles. The average Bonchev–Trinajstić information content (AvgIpc) is 2.98. The standard InChI is InChI=1S/C11H10F2O.C10H10F2O.C2H6/c1-7(14)8-3-2-4-10-9(8)5-6-11(10,12)13;1-7(13)8-4-3-5-9(6-8)10(2,11)12;1-2/h2-4H,5-6H2,1H3;3-6H,1-2H3;1-2H3. The quantitative estimate of drug-likeness (QED) is 0.405. The van der Waals surface area contributed by atoms with Gasteiger partial charge in [0.25, 0.3) is 11.8 Å². The predicted octanol–water partition coefficient (Wildman–Crippen LogP) is 6.95. The summed E-state index contributed by atoms with van der Waals surface area (Å²) < 4.78 is 52.1. The second-order valence-electron chi connectivity index (χ2n) is 6.62. The molecule has 2 aromatic rings. The van der Waals surface area contributed by atoms with Gasteiger partial charge in [0.2, 0.25) is 0 Å². The molecule has 1 aliphatic rings. The Kier molecular flexibility index (Phi) is 8.30. The predicted molar refractivity (Wildman–Crippen MR) is 106 cm³/mol. The Labute approximate surface area is 168 Å². The number of rotatable bonds is 3. The molecule has 0 aliphatic heterocycles. The van der Waals surface area contributed by atoms with Crippen molar-refractivity contribution in [2.75, 3.05) is 0 Å². The first-order valence-electron chi connectivity index (χ1n) is 9.44. The lowest BCUT2D eigenvalue weighted by atomic mass is 10.0. The Morgan fingerprint density at radius 3 is 2.07 bits per heavy atom. The highest BCUT2D eigenvalue weighted by molar-refractivity contribution is 5.96. The van der Waals surface area contributed by atoms with Gasteiger partial charge in [0, 0.05) is 35.6 Å². The molecule has 0 heterocycles. The van der Waals surface area contributed by atoms with E-state index in [0.717, 1.165) is 6.92 Å². The fourth-order valence-electron chi connectivity index (χ4n) is 2.96. The average molecular weight is 410 g/mol. The van der Waals surface area contributed by atoms with E-state index in [1.807, 2.05) is 13.8 Å². The van der Waals surface area contributed by atoms with Crippen LogP contribution < -0.4 is 0 Å². The van der Waals surface area contributed by atoms with Crippen LogP contribution in [0.25, 0.3) is 0 Å². The van der Waals surface area contributed by atoms with Crippen LogP contribution in [0, 0.1) is 0 Å². The van der Waals surface area contributed by atoms with Crippen LogP contribution in [-0.4, -0.2) is 11.6 Å². The maximum absolute atomic E-state index is 13.3. The smallest absolute Gasteiger partial charge is 0.273 e. The van der Waals surface area contributed by atoms with Gasteiger partial charge in [-0.2, -0.15) is 0 Å². The summed E-state index contributed by atoms with van der Waals surface area (Å²) in [7, 11) is 0. The second-order valence-corrected chi connectivity index (χ2v) is 6.62. The van der Waals surface area contributed by atoms with E-state index in [1.54, 1.807) is 6.07 Å². The molecule has 1 aliphatic carbocycles. The van der Waals surface area contributed by atoms with Crippen LogP contribution in [0.3, 0.4) is 0 Å². The van der Waals surface area contributed by atoms with Gasteiger partial charge in [-0.3, -0.25) is 9.59 Å². The summed E-state index contributed by atoms with van der Waals surface area (Å²) in [6, 6.07) is 10.1. The number of fused-ring (bicyclic) bond motifs is 1. The summed E-state index contributed by atoms with van der Waals surface area (Å²) in [5.41, 5.74) is 1.20. The van der Waals surface area contributed by atoms with Crippen molar-refractivity contribution in [3.8, 4) is 0 Å². The molecule has 29 heavy (non-hydrogen) atoms. The fourth-order valence-corrected chi connectivity index (χ4v) is 2.96. The Balaban J connectivity index is 0.000000268. The summed E-state index contributed by atoms with van der Waals surface area (Å²) in [6.45, 7) is 7.57. The van der Waals surface area contributed by atoms with Crippen molar-refractivity contribution >= 4 is 11.6 Å². The monoisotopic (exact) mass is 410 g/mol. The first-order valence-corrected chi connectivity index (χ1v) is 9.44. The van der Waals surface area contributed by atoms with E-state index in [1.165, 1.54) is 50.2 Å². The molecule has 0 amide bonds. The number of hydrogen-bond donors (Lipinski definition) is 0. The number of carbonyl (C=O) groups is 2.